The minimum Gasteiger partial charge on any atom is -0.367 e. The molecule has 0 bridgehead atoms. The number of aromatic nitrogens is 3. The van der Waals surface area contributed by atoms with E-state index in [1.165, 1.54) is 11.3 Å². The minimum atomic E-state index is -0.212. The van der Waals surface area contributed by atoms with E-state index < -0.39 is 0 Å². The molecule has 1 aliphatic rings. The second kappa shape index (κ2) is 7.89. The SMILES string of the molecule is Cc1ccc(N2CCNCC2)c(NC(=O)c2csc(-n3ncc4ccccc43)n2)c1. The molecular weight excluding hydrogens is 396 g/mol. The number of thiazole rings is 1. The molecule has 2 aromatic carbocycles. The lowest BCUT2D eigenvalue weighted by Crippen LogP contribution is -2.43. The van der Waals surface area contributed by atoms with Gasteiger partial charge in [-0.25, -0.2) is 9.67 Å². The summed E-state index contributed by atoms with van der Waals surface area (Å²) in [5.41, 5.74) is 4.33. The maximum atomic E-state index is 13.0. The highest BCUT2D eigenvalue weighted by Gasteiger charge is 2.18. The van der Waals surface area contributed by atoms with Gasteiger partial charge in [0.15, 0.2) is 0 Å². The molecule has 4 aromatic rings. The van der Waals surface area contributed by atoms with Crippen molar-refractivity contribution in [3.8, 4) is 5.13 Å². The van der Waals surface area contributed by atoms with Gasteiger partial charge in [0.1, 0.15) is 5.69 Å². The Balaban J connectivity index is 1.41. The Hall–Kier alpha value is -3.23. The van der Waals surface area contributed by atoms with Crippen LogP contribution in [0, 0.1) is 6.92 Å². The van der Waals surface area contributed by atoms with Crippen molar-refractivity contribution in [2.45, 2.75) is 6.92 Å². The van der Waals surface area contributed by atoms with Crippen LogP contribution in [0.4, 0.5) is 11.4 Å². The minimum absolute atomic E-state index is 0.212. The highest BCUT2D eigenvalue weighted by atomic mass is 32.1. The number of hydrogen-bond donors (Lipinski definition) is 2. The largest absolute Gasteiger partial charge is 0.367 e. The molecule has 2 aromatic heterocycles. The van der Waals surface area contributed by atoms with Crippen molar-refractivity contribution in [1.82, 2.24) is 20.1 Å². The third kappa shape index (κ3) is 3.55. The van der Waals surface area contributed by atoms with E-state index in [1.807, 2.05) is 43.5 Å². The third-order valence-corrected chi connectivity index (χ3v) is 6.06. The van der Waals surface area contributed by atoms with Crippen LogP contribution in [-0.4, -0.2) is 46.9 Å². The summed E-state index contributed by atoms with van der Waals surface area (Å²) in [5, 5.41) is 14.4. The molecule has 1 amide bonds. The van der Waals surface area contributed by atoms with Crippen molar-refractivity contribution in [2.24, 2.45) is 0 Å². The van der Waals surface area contributed by atoms with Crippen molar-refractivity contribution >= 4 is 39.5 Å². The fourth-order valence-corrected chi connectivity index (χ4v) is 4.48. The summed E-state index contributed by atoms with van der Waals surface area (Å²) in [4.78, 5) is 19.8. The van der Waals surface area contributed by atoms with Gasteiger partial charge in [-0.2, -0.15) is 5.10 Å². The number of carbonyl (C=O) groups excluding carboxylic acids is 1. The summed E-state index contributed by atoms with van der Waals surface area (Å²) in [6.07, 6.45) is 1.81. The first kappa shape index (κ1) is 18.8. The first-order valence-corrected chi connectivity index (χ1v) is 10.8. The smallest absolute Gasteiger partial charge is 0.275 e. The number of para-hydroxylation sites is 1. The van der Waals surface area contributed by atoms with Gasteiger partial charge in [0.05, 0.1) is 23.1 Å². The molecule has 0 aliphatic carbocycles. The van der Waals surface area contributed by atoms with Crippen LogP contribution in [0.15, 0.2) is 54.0 Å². The van der Waals surface area contributed by atoms with Crippen LogP contribution in [0.3, 0.4) is 0 Å². The molecule has 3 heterocycles. The lowest BCUT2D eigenvalue weighted by Gasteiger charge is -2.31. The van der Waals surface area contributed by atoms with Gasteiger partial charge in [-0.15, -0.1) is 11.3 Å². The first-order valence-electron chi connectivity index (χ1n) is 9.95. The molecule has 5 rings (SSSR count). The molecule has 0 radical (unpaired) electrons. The van der Waals surface area contributed by atoms with E-state index in [9.17, 15) is 4.79 Å². The monoisotopic (exact) mass is 418 g/mol. The Morgan fingerprint density at radius 2 is 2.00 bits per heavy atom. The topological polar surface area (TPSA) is 75.1 Å². The van der Waals surface area contributed by atoms with Gasteiger partial charge in [0.2, 0.25) is 5.13 Å². The van der Waals surface area contributed by atoms with E-state index in [4.69, 9.17) is 0 Å². The molecule has 1 saturated heterocycles. The number of benzene rings is 2. The number of amides is 1. The van der Waals surface area contributed by atoms with E-state index in [0.29, 0.717) is 10.8 Å². The second-order valence-corrected chi connectivity index (χ2v) is 8.18. The third-order valence-electron chi connectivity index (χ3n) is 5.24. The molecular formula is C22H22N6OS. The molecule has 1 fully saturated rings. The van der Waals surface area contributed by atoms with Crippen LogP contribution in [0.2, 0.25) is 0 Å². The van der Waals surface area contributed by atoms with Gasteiger partial charge in [-0.1, -0.05) is 24.3 Å². The second-order valence-electron chi connectivity index (χ2n) is 7.34. The lowest BCUT2D eigenvalue weighted by molar-refractivity contribution is 0.102. The van der Waals surface area contributed by atoms with Crippen molar-refractivity contribution in [3.63, 3.8) is 0 Å². The van der Waals surface area contributed by atoms with Gasteiger partial charge >= 0.3 is 0 Å². The van der Waals surface area contributed by atoms with Gasteiger partial charge < -0.3 is 15.5 Å². The van der Waals surface area contributed by atoms with Crippen LogP contribution in [0.25, 0.3) is 16.0 Å². The van der Waals surface area contributed by atoms with Crippen molar-refractivity contribution in [3.05, 3.63) is 65.3 Å². The van der Waals surface area contributed by atoms with Gasteiger partial charge in [0.25, 0.3) is 5.91 Å². The fraction of sp³-hybridized carbons (Fsp3) is 0.227. The average molecular weight is 419 g/mol. The maximum Gasteiger partial charge on any atom is 0.275 e. The predicted octanol–water partition coefficient (Wildman–Crippen LogP) is 3.45. The number of anilines is 2. The number of nitrogens with zero attached hydrogens (tertiary/aromatic N) is 4. The Bertz CT molecular complexity index is 1210. The zero-order chi connectivity index (χ0) is 20.5. The van der Waals surface area contributed by atoms with Crippen molar-refractivity contribution < 1.29 is 4.79 Å². The number of carbonyl (C=O) groups is 1. The summed E-state index contributed by atoms with van der Waals surface area (Å²) in [6, 6.07) is 14.1. The molecule has 1 aliphatic heterocycles. The Kier molecular flexibility index (Phi) is 4.94. The average Bonchev–Trinajstić information content (AvgIpc) is 3.42. The molecule has 152 valence electrons. The summed E-state index contributed by atoms with van der Waals surface area (Å²) in [5.74, 6) is -0.212. The number of aryl methyl sites for hydroxylation is 1. The van der Waals surface area contributed by atoms with Gasteiger partial charge in [-0.3, -0.25) is 4.79 Å². The molecule has 30 heavy (non-hydrogen) atoms. The lowest BCUT2D eigenvalue weighted by atomic mass is 10.1. The molecule has 2 N–H and O–H groups in total. The van der Waals surface area contributed by atoms with Crippen LogP contribution in [0.5, 0.6) is 0 Å². The number of hydrogen-bond acceptors (Lipinski definition) is 6. The van der Waals surface area contributed by atoms with E-state index in [-0.39, 0.29) is 5.91 Å². The zero-order valence-electron chi connectivity index (χ0n) is 16.6. The van der Waals surface area contributed by atoms with Crippen LogP contribution in [-0.2, 0) is 0 Å². The number of fused-ring (bicyclic) bond motifs is 1. The Morgan fingerprint density at radius 1 is 1.17 bits per heavy atom. The van der Waals surface area contributed by atoms with E-state index in [1.54, 1.807) is 10.1 Å². The Labute approximate surface area is 178 Å². The molecule has 0 spiro atoms. The first-order chi connectivity index (χ1) is 14.7. The summed E-state index contributed by atoms with van der Waals surface area (Å²) in [6.45, 7) is 5.74. The predicted molar refractivity (Wildman–Crippen MR) is 121 cm³/mol. The van der Waals surface area contributed by atoms with Gasteiger partial charge in [0, 0.05) is 36.9 Å². The molecule has 0 atom stereocenters. The number of nitrogens with one attached hydrogen (secondary N) is 2. The van der Waals surface area contributed by atoms with E-state index in [2.05, 4.69) is 37.7 Å². The summed E-state index contributed by atoms with van der Waals surface area (Å²) >= 11 is 1.41. The van der Waals surface area contributed by atoms with Crippen LogP contribution in [0.1, 0.15) is 16.1 Å². The maximum absolute atomic E-state index is 13.0. The summed E-state index contributed by atoms with van der Waals surface area (Å²) < 4.78 is 1.77. The van der Waals surface area contributed by atoms with E-state index >= 15 is 0 Å². The highest BCUT2D eigenvalue weighted by molar-refractivity contribution is 7.12. The molecule has 0 saturated carbocycles. The normalized spacial score (nSPS) is 14.2. The highest BCUT2D eigenvalue weighted by Crippen LogP contribution is 2.28. The summed E-state index contributed by atoms with van der Waals surface area (Å²) in [7, 11) is 0. The molecule has 0 unspecified atom stereocenters. The standard InChI is InChI=1S/C22H22N6OS/c1-15-6-7-20(27-10-8-23-9-11-27)17(12-15)25-21(29)18-14-30-22(26-18)28-19-5-3-2-4-16(19)13-24-28/h2-7,12-14,23H,8-11H2,1H3,(H,25,29). The fourth-order valence-electron chi connectivity index (χ4n) is 3.71. The Morgan fingerprint density at radius 3 is 2.87 bits per heavy atom. The quantitative estimate of drug-likeness (QED) is 0.531. The van der Waals surface area contributed by atoms with Crippen molar-refractivity contribution in [1.29, 1.82) is 0 Å². The molecule has 8 heteroatoms. The van der Waals surface area contributed by atoms with Crippen LogP contribution < -0.4 is 15.5 Å². The van der Waals surface area contributed by atoms with Crippen LogP contribution >= 0.6 is 11.3 Å². The zero-order valence-corrected chi connectivity index (χ0v) is 17.4. The van der Waals surface area contributed by atoms with Gasteiger partial charge in [-0.05, 0) is 30.7 Å². The number of piperazine rings is 1. The number of rotatable bonds is 4. The molecule has 7 nitrogen and oxygen atoms in total. The van der Waals surface area contributed by atoms with E-state index in [0.717, 1.165) is 54.0 Å². The van der Waals surface area contributed by atoms with Crippen molar-refractivity contribution in [2.75, 3.05) is 36.4 Å².